The summed E-state index contributed by atoms with van der Waals surface area (Å²) in [6.07, 6.45) is -8.31. The molecule has 5 nitrogen and oxygen atoms in total. The van der Waals surface area contributed by atoms with Gasteiger partial charge in [0.05, 0.1) is 33.3 Å². The van der Waals surface area contributed by atoms with Gasteiger partial charge >= 0.3 is 12.4 Å². The Hall–Kier alpha value is -3.52. The number of fused-ring (bicyclic) bond motifs is 5. The van der Waals surface area contributed by atoms with Gasteiger partial charge in [0.1, 0.15) is 23.1 Å². The van der Waals surface area contributed by atoms with Gasteiger partial charge in [-0.15, -0.1) is 12.6 Å². The van der Waals surface area contributed by atoms with Crippen LogP contribution in [-0.2, 0) is 6.18 Å². The summed E-state index contributed by atoms with van der Waals surface area (Å²) in [6.45, 7) is 7.83. The SMILES string of the molecule is [B]C1([B])N2C(=NC1(C)S)N(CC(F)(F)F)C1=CC(NC(=C)c3cc(F)cc(C(F)(F)F)c3)=C3C(c4cc(F)ccc4Cl)NC(=C)C3C12. The summed E-state index contributed by atoms with van der Waals surface area (Å²) in [5.41, 5.74) is -0.888. The number of hydrogen-bond acceptors (Lipinski definition) is 6. The van der Waals surface area contributed by atoms with Crippen molar-refractivity contribution in [3.63, 3.8) is 0 Å². The summed E-state index contributed by atoms with van der Waals surface area (Å²) in [5.74, 6) is -3.00. The standard InChI is InChI=1S/C30H22B2ClF8N5S/c1-12(14-6-15(29(39,40)41)8-17(35)7-14)42-20-10-21-25(22-13(2)43-24(23(20)22)18-9-16(34)4-5-19(18)33)46-26(45(21)11-28(36,37)38)44-27(3,47)30(46,31)32/h4-10,22,24-25,42-43,47H,1-2,11H2,3H3. The maximum absolute atomic E-state index is 14.5. The normalized spacial score (nSPS) is 26.4. The third kappa shape index (κ3) is 5.50. The second kappa shape index (κ2) is 10.7. The van der Waals surface area contributed by atoms with Gasteiger partial charge in [-0.1, -0.05) is 24.8 Å². The van der Waals surface area contributed by atoms with Crippen molar-refractivity contribution in [2.75, 3.05) is 6.54 Å². The highest BCUT2D eigenvalue weighted by Crippen LogP contribution is 2.55. The minimum absolute atomic E-state index is 0.0124. The lowest BCUT2D eigenvalue weighted by molar-refractivity contribution is -0.138. The van der Waals surface area contributed by atoms with Crippen LogP contribution in [0.3, 0.4) is 0 Å². The Morgan fingerprint density at radius 2 is 1.79 bits per heavy atom. The minimum Gasteiger partial charge on any atom is -0.378 e. The number of aliphatic imine (C=N–C) groups is 1. The lowest BCUT2D eigenvalue weighted by atomic mass is 9.56. The van der Waals surface area contributed by atoms with Crippen LogP contribution in [0.1, 0.15) is 29.7 Å². The summed E-state index contributed by atoms with van der Waals surface area (Å²) in [5, 5.41) is 4.22. The zero-order valence-electron chi connectivity index (χ0n) is 24.2. The second-order valence-electron chi connectivity index (χ2n) is 11.8. The van der Waals surface area contributed by atoms with Gasteiger partial charge in [0.2, 0.25) is 5.96 Å². The third-order valence-corrected chi connectivity index (χ3v) is 9.36. The Kier molecular flexibility index (Phi) is 7.63. The van der Waals surface area contributed by atoms with Crippen molar-refractivity contribution in [2.24, 2.45) is 10.9 Å². The maximum Gasteiger partial charge on any atom is 0.416 e. The number of alkyl halides is 6. The summed E-state index contributed by atoms with van der Waals surface area (Å²) in [7, 11) is 13.1. The monoisotopic (exact) mass is 693 g/mol. The number of rotatable bonds is 5. The molecule has 2 aromatic carbocycles. The Labute approximate surface area is 277 Å². The molecule has 3 aliphatic heterocycles. The smallest absolute Gasteiger partial charge is 0.378 e. The Morgan fingerprint density at radius 3 is 2.43 bits per heavy atom. The van der Waals surface area contributed by atoms with Gasteiger partial charge in [-0.25, -0.2) is 13.8 Å². The molecule has 4 atom stereocenters. The first kappa shape index (κ1) is 33.4. The third-order valence-electron chi connectivity index (χ3n) is 8.56. The largest absolute Gasteiger partial charge is 0.416 e. The van der Waals surface area contributed by atoms with Crippen LogP contribution in [0.15, 0.2) is 83.3 Å². The van der Waals surface area contributed by atoms with E-state index in [4.69, 9.17) is 27.3 Å². The van der Waals surface area contributed by atoms with E-state index >= 15 is 0 Å². The van der Waals surface area contributed by atoms with E-state index in [0.29, 0.717) is 17.7 Å². The molecule has 0 aromatic heterocycles. The van der Waals surface area contributed by atoms with Crippen LogP contribution in [0.5, 0.6) is 0 Å². The number of halogens is 9. The summed E-state index contributed by atoms with van der Waals surface area (Å²) in [4.78, 5) is 5.00. The lowest BCUT2D eigenvalue weighted by Gasteiger charge is -2.45. The predicted octanol–water partition coefficient (Wildman–Crippen LogP) is 6.38. The first-order valence-corrected chi connectivity index (χ1v) is 14.7. The first-order chi connectivity index (χ1) is 21.6. The van der Waals surface area contributed by atoms with Crippen LogP contribution >= 0.6 is 24.2 Å². The van der Waals surface area contributed by atoms with Crippen LogP contribution in [0.2, 0.25) is 5.02 Å². The number of hydrogen-bond donors (Lipinski definition) is 3. The van der Waals surface area contributed by atoms with Crippen LogP contribution in [-0.4, -0.2) is 60.4 Å². The molecule has 0 amide bonds. The molecule has 2 N–H and O–H groups in total. The topological polar surface area (TPSA) is 42.9 Å². The van der Waals surface area contributed by atoms with Crippen molar-refractivity contribution < 1.29 is 35.1 Å². The van der Waals surface area contributed by atoms with E-state index in [9.17, 15) is 35.1 Å². The minimum atomic E-state index is -4.89. The Bertz CT molecular complexity index is 1820. The number of benzene rings is 2. The average molecular weight is 694 g/mol. The number of nitrogens with zero attached hydrogens (tertiary/aromatic N) is 3. The van der Waals surface area contributed by atoms with Crippen LogP contribution in [0.25, 0.3) is 5.70 Å². The molecule has 4 unspecified atom stereocenters. The van der Waals surface area contributed by atoms with Gasteiger partial charge in [0.25, 0.3) is 0 Å². The molecule has 2 aromatic rings. The molecule has 2 saturated heterocycles. The van der Waals surface area contributed by atoms with Crippen LogP contribution < -0.4 is 10.6 Å². The Balaban J connectivity index is 1.56. The average Bonchev–Trinajstić information content (AvgIpc) is 3.49. The summed E-state index contributed by atoms with van der Waals surface area (Å²) in [6, 6.07) is 3.41. The molecule has 0 bridgehead atoms. The molecule has 2 fully saturated rings. The fourth-order valence-electron chi connectivity index (χ4n) is 6.40. The van der Waals surface area contributed by atoms with E-state index in [2.05, 4.69) is 41.4 Å². The van der Waals surface area contributed by atoms with Gasteiger partial charge in [-0.2, -0.15) is 26.3 Å². The van der Waals surface area contributed by atoms with Crippen molar-refractivity contribution in [2.45, 2.75) is 41.6 Å². The fourth-order valence-corrected chi connectivity index (χ4v) is 6.82. The van der Waals surface area contributed by atoms with Crippen molar-refractivity contribution in [1.29, 1.82) is 0 Å². The van der Waals surface area contributed by atoms with E-state index in [-0.39, 0.29) is 44.9 Å². The molecule has 0 spiro atoms. The van der Waals surface area contributed by atoms with Crippen molar-refractivity contribution >= 4 is 51.6 Å². The summed E-state index contributed by atoms with van der Waals surface area (Å²) < 4.78 is 112. The van der Waals surface area contributed by atoms with Gasteiger partial charge < -0.3 is 20.4 Å². The zero-order valence-corrected chi connectivity index (χ0v) is 25.9. The molecule has 0 saturated carbocycles. The highest BCUT2D eigenvalue weighted by Gasteiger charge is 2.62. The molecule has 1 aliphatic carbocycles. The van der Waals surface area contributed by atoms with Crippen molar-refractivity contribution in [1.82, 2.24) is 20.4 Å². The van der Waals surface area contributed by atoms with Crippen LogP contribution in [0, 0.1) is 17.6 Å². The second-order valence-corrected chi connectivity index (χ2v) is 13.1. The molecule has 4 radical (unpaired) electrons. The first-order valence-electron chi connectivity index (χ1n) is 13.8. The quantitative estimate of drug-likeness (QED) is 0.194. The highest BCUT2D eigenvalue weighted by molar-refractivity contribution is 7.82. The number of nitrogens with one attached hydrogen (secondary N) is 2. The van der Waals surface area contributed by atoms with Gasteiger partial charge in [-0.3, -0.25) is 0 Å². The van der Waals surface area contributed by atoms with E-state index in [0.717, 1.165) is 23.1 Å². The lowest BCUT2D eigenvalue weighted by Crippen LogP contribution is -2.61. The zero-order chi connectivity index (χ0) is 34.6. The predicted molar refractivity (Wildman–Crippen MR) is 166 cm³/mol. The van der Waals surface area contributed by atoms with Gasteiger partial charge in [0, 0.05) is 50.2 Å². The highest BCUT2D eigenvalue weighted by atomic mass is 35.5. The maximum atomic E-state index is 14.5. The van der Waals surface area contributed by atoms with E-state index in [1.807, 2.05) is 0 Å². The van der Waals surface area contributed by atoms with Crippen LogP contribution in [0.4, 0.5) is 35.1 Å². The van der Waals surface area contributed by atoms with Gasteiger partial charge in [0.15, 0.2) is 0 Å². The molecule has 6 rings (SSSR count). The van der Waals surface area contributed by atoms with Gasteiger partial charge in [-0.05, 0) is 55.0 Å². The molecular weight excluding hydrogens is 671 g/mol. The summed E-state index contributed by atoms with van der Waals surface area (Å²) >= 11 is 10.9. The van der Waals surface area contributed by atoms with E-state index < -0.39 is 64.3 Å². The molecule has 47 heavy (non-hydrogen) atoms. The number of allylic oxidation sites excluding steroid dienone is 1. The van der Waals surface area contributed by atoms with E-state index in [1.165, 1.54) is 24.0 Å². The Morgan fingerprint density at radius 1 is 1.11 bits per heavy atom. The van der Waals surface area contributed by atoms with Crippen molar-refractivity contribution in [3.05, 3.63) is 112 Å². The molecule has 17 heteroatoms. The molecular formula is C30H22B2ClF8N5S. The molecule has 4 aliphatic rings. The molecule has 242 valence electrons. The number of guanidine groups is 1. The van der Waals surface area contributed by atoms with E-state index in [1.54, 1.807) is 0 Å². The molecule has 3 heterocycles. The fraction of sp³-hybridized carbons (Fsp3) is 0.300. The number of thiol groups is 1. The van der Waals surface area contributed by atoms with Crippen molar-refractivity contribution in [3.8, 4) is 0 Å².